The number of aliphatic hydroxyl groups is 1. The normalized spacial score (nSPS) is 31.1. The molecular weight excluding hydrogens is 256 g/mol. The van der Waals surface area contributed by atoms with Gasteiger partial charge in [0, 0.05) is 19.6 Å². The van der Waals surface area contributed by atoms with Gasteiger partial charge in [0.05, 0.1) is 18.8 Å². The predicted molar refractivity (Wildman–Crippen MR) is 77.6 cm³/mol. The average molecular weight is 284 g/mol. The molecule has 5 nitrogen and oxygen atoms in total. The molecule has 2 fully saturated rings. The fourth-order valence-corrected chi connectivity index (χ4v) is 3.15. The Kier molecular flexibility index (Phi) is 6.10. The van der Waals surface area contributed by atoms with Gasteiger partial charge < -0.3 is 20.1 Å². The van der Waals surface area contributed by atoms with Crippen LogP contribution in [-0.2, 0) is 4.74 Å². The lowest BCUT2D eigenvalue weighted by atomic mass is 9.88. The van der Waals surface area contributed by atoms with Crippen molar-refractivity contribution < 1.29 is 14.6 Å². The molecule has 1 heterocycles. The molecule has 1 saturated carbocycles. The van der Waals surface area contributed by atoms with Crippen LogP contribution in [0.3, 0.4) is 0 Å². The number of urea groups is 1. The first-order valence-electron chi connectivity index (χ1n) is 7.99. The first-order chi connectivity index (χ1) is 9.66. The summed E-state index contributed by atoms with van der Waals surface area (Å²) in [5.41, 5.74) is 0. The lowest BCUT2D eigenvalue weighted by molar-refractivity contribution is -0.00297. The van der Waals surface area contributed by atoms with Crippen LogP contribution in [0.4, 0.5) is 4.79 Å². The molecule has 0 radical (unpaired) electrons. The highest BCUT2D eigenvalue weighted by atomic mass is 16.5. The van der Waals surface area contributed by atoms with Gasteiger partial charge in [0.2, 0.25) is 0 Å². The van der Waals surface area contributed by atoms with E-state index in [-0.39, 0.29) is 12.1 Å². The number of nitrogens with one attached hydrogen (secondary N) is 1. The van der Waals surface area contributed by atoms with Crippen LogP contribution in [0.2, 0.25) is 0 Å². The molecule has 3 atom stereocenters. The Morgan fingerprint density at radius 1 is 1.30 bits per heavy atom. The quantitative estimate of drug-likeness (QED) is 0.773. The maximum absolute atomic E-state index is 11.9. The first-order valence-corrected chi connectivity index (χ1v) is 7.99. The zero-order valence-electron chi connectivity index (χ0n) is 12.5. The van der Waals surface area contributed by atoms with Gasteiger partial charge in [-0.25, -0.2) is 4.79 Å². The van der Waals surface area contributed by atoms with Gasteiger partial charge in [0.15, 0.2) is 0 Å². The van der Waals surface area contributed by atoms with Crippen molar-refractivity contribution in [3.8, 4) is 0 Å². The zero-order valence-corrected chi connectivity index (χ0v) is 12.5. The van der Waals surface area contributed by atoms with Gasteiger partial charge in [-0.3, -0.25) is 0 Å². The van der Waals surface area contributed by atoms with Crippen LogP contribution in [0.1, 0.15) is 45.4 Å². The summed E-state index contributed by atoms with van der Waals surface area (Å²) >= 11 is 0. The van der Waals surface area contributed by atoms with Crippen LogP contribution < -0.4 is 5.32 Å². The maximum atomic E-state index is 11.9. The van der Waals surface area contributed by atoms with Crippen LogP contribution in [0, 0.1) is 5.92 Å². The van der Waals surface area contributed by atoms with Gasteiger partial charge >= 0.3 is 6.03 Å². The van der Waals surface area contributed by atoms with Crippen molar-refractivity contribution in [2.75, 3.05) is 26.2 Å². The summed E-state index contributed by atoms with van der Waals surface area (Å²) in [6.07, 6.45) is 6.64. The lowest BCUT2D eigenvalue weighted by Gasteiger charge is -2.31. The van der Waals surface area contributed by atoms with E-state index >= 15 is 0 Å². The molecule has 2 N–H and O–H groups in total. The number of nitrogens with zero attached hydrogens (tertiary/aromatic N) is 1. The monoisotopic (exact) mass is 284 g/mol. The van der Waals surface area contributed by atoms with E-state index in [9.17, 15) is 9.90 Å². The van der Waals surface area contributed by atoms with Gasteiger partial charge in [0.1, 0.15) is 0 Å². The Morgan fingerprint density at radius 3 is 2.85 bits per heavy atom. The Hall–Kier alpha value is -0.810. The number of likely N-dealkylation sites (tertiary alicyclic amines) is 1. The molecule has 0 unspecified atom stereocenters. The molecule has 0 spiro atoms. The number of rotatable bonds is 4. The summed E-state index contributed by atoms with van der Waals surface area (Å²) in [5, 5.41) is 12.4. The molecule has 2 aliphatic rings. The predicted octanol–water partition coefficient (Wildman–Crippen LogP) is 1.75. The summed E-state index contributed by atoms with van der Waals surface area (Å²) < 4.78 is 5.87. The number of hydrogen-bond acceptors (Lipinski definition) is 3. The minimum Gasteiger partial charge on any atom is -0.391 e. The molecule has 1 aliphatic carbocycles. The van der Waals surface area contributed by atoms with Gasteiger partial charge in [-0.2, -0.15) is 0 Å². The van der Waals surface area contributed by atoms with E-state index in [1.807, 2.05) is 0 Å². The Bertz CT molecular complexity index is 311. The van der Waals surface area contributed by atoms with Crippen molar-refractivity contribution in [1.82, 2.24) is 10.2 Å². The smallest absolute Gasteiger partial charge is 0.317 e. The molecule has 116 valence electrons. The van der Waals surface area contributed by atoms with E-state index < -0.39 is 0 Å². The van der Waals surface area contributed by atoms with Gasteiger partial charge in [-0.05, 0) is 31.6 Å². The molecule has 0 aromatic heterocycles. The molecule has 2 rings (SSSR count). The van der Waals surface area contributed by atoms with Crippen LogP contribution >= 0.6 is 0 Å². The third kappa shape index (κ3) is 4.63. The Morgan fingerprint density at radius 2 is 2.10 bits per heavy atom. The van der Waals surface area contributed by atoms with Gasteiger partial charge in [0.25, 0.3) is 0 Å². The molecule has 1 aliphatic heterocycles. The van der Waals surface area contributed by atoms with Crippen molar-refractivity contribution in [1.29, 1.82) is 0 Å². The highest BCUT2D eigenvalue weighted by Crippen LogP contribution is 2.25. The summed E-state index contributed by atoms with van der Waals surface area (Å²) in [6.45, 7) is 4.57. The van der Waals surface area contributed by atoms with Crippen LogP contribution in [-0.4, -0.2) is 54.5 Å². The van der Waals surface area contributed by atoms with Gasteiger partial charge in [-0.1, -0.05) is 19.8 Å². The number of carbonyl (C=O) groups excluding carboxylic acids is 1. The molecule has 0 aromatic rings. The average Bonchev–Trinajstić information content (AvgIpc) is 2.45. The van der Waals surface area contributed by atoms with E-state index in [4.69, 9.17) is 4.74 Å². The standard InChI is InChI=1S/C15H28N2O3/c1-12-5-2-3-7-14(12)20-10-8-16-15(19)17-9-4-6-13(18)11-17/h12-14,18H,2-11H2,1H3,(H,16,19)/t12-,13-,14-/m1/s1. The third-order valence-electron chi connectivity index (χ3n) is 4.43. The van der Waals surface area contributed by atoms with Crippen LogP contribution in [0.25, 0.3) is 0 Å². The van der Waals surface area contributed by atoms with E-state index in [0.717, 1.165) is 25.8 Å². The number of aliphatic hydroxyl groups excluding tert-OH is 1. The number of ether oxygens (including phenoxy) is 1. The highest BCUT2D eigenvalue weighted by molar-refractivity contribution is 5.74. The summed E-state index contributed by atoms with van der Waals surface area (Å²) in [5.74, 6) is 0.636. The van der Waals surface area contributed by atoms with Crippen molar-refractivity contribution in [2.45, 2.75) is 57.7 Å². The number of piperidine rings is 1. The second-order valence-corrected chi connectivity index (χ2v) is 6.14. The largest absolute Gasteiger partial charge is 0.391 e. The Balaban J connectivity index is 1.59. The summed E-state index contributed by atoms with van der Waals surface area (Å²) in [6, 6.07) is -0.0796. The van der Waals surface area contributed by atoms with Crippen molar-refractivity contribution in [3.63, 3.8) is 0 Å². The molecule has 0 bridgehead atoms. The molecular formula is C15H28N2O3. The number of carbonyl (C=O) groups is 1. The first kappa shape index (κ1) is 15.6. The summed E-state index contributed by atoms with van der Waals surface area (Å²) in [4.78, 5) is 13.6. The summed E-state index contributed by atoms with van der Waals surface area (Å²) in [7, 11) is 0. The molecule has 20 heavy (non-hydrogen) atoms. The van der Waals surface area contributed by atoms with E-state index in [1.54, 1.807) is 4.90 Å². The van der Waals surface area contributed by atoms with Gasteiger partial charge in [-0.15, -0.1) is 0 Å². The van der Waals surface area contributed by atoms with E-state index in [0.29, 0.717) is 31.7 Å². The van der Waals surface area contributed by atoms with Crippen molar-refractivity contribution in [2.24, 2.45) is 5.92 Å². The number of hydrogen-bond donors (Lipinski definition) is 2. The highest BCUT2D eigenvalue weighted by Gasteiger charge is 2.23. The molecule has 5 heteroatoms. The van der Waals surface area contributed by atoms with Crippen LogP contribution in [0.5, 0.6) is 0 Å². The second kappa shape index (κ2) is 7.84. The topological polar surface area (TPSA) is 61.8 Å². The minimum absolute atomic E-state index is 0.0796. The zero-order chi connectivity index (χ0) is 14.4. The van der Waals surface area contributed by atoms with E-state index in [1.165, 1.54) is 19.3 Å². The van der Waals surface area contributed by atoms with Crippen LogP contribution in [0.15, 0.2) is 0 Å². The van der Waals surface area contributed by atoms with E-state index in [2.05, 4.69) is 12.2 Å². The maximum Gasteiger partial charge on any atom is 0.317 e. The Labute approximate surface area is 121 Å². The SMILES string of the molecule is C[C@@H]1CCCC[C@H]1OCCNC(=O)N1CCC[C@@H](O)C1. The molecule has 2 amide bonds. The molecule has 1 saturated heterocycles. The molecule has 0 aromatic carbocycles. The fourth-order valence-electron chi connectivity index (χ4n) is 3.15. The minimum atomic E-state index is -0.367. The lowest BCUT2D eigenvalue weighted by Crippen LogP contribution is -2.47. The second-order valence-electron chi connectivity index (χ2n) is 6.14. The van der Waals surface area contributed by atoms with Crippen molar-refractivity contribution in [3.05, 3.63) is 0 Å². The number of amides is 2. The van der Waals surface area contributed by atoms with Crippen molar-refractivity contribution >= 4 is 6.03 Å². The number of β-amino-alcohol motifs (C(OH)–C–C–N with tert-alkyl or cyclic N) is 1. The third-order valence-corrected chi connectivity index (χ3v) is 4.43. The fraction of sp³-hybridized carbons (Fsp3) is 0.933.